The lowest BCUT2D eigenvalue weighted by molar-refractivity contribution is 0.137. The van der Waals surface area contributed by atoms with Crippen LogP contribution in [-0.2, 0) is 4.74 Å². The molecule has 14 heavy (non-hydrogen) atoms. The highest BCUT2D eigenvalue weighted by Crippen LogP contribution is 2.26. The van der Waals surface area contributed by atoms with E-state index < -0.39 is 0 Å². The van der Waals surface area contributed by atoms with Crippen molar-refractivity contribution in [3.05, 3.63) is 34.3 Å². The summed E-state index contributed by atoms with van der Waals surface area (Å²) < 4.78 is 6.60. The van der Waals surface area contributed by atoms with Crippen molar-refractivity contribution in [3.8, 4) is 0 Å². The minimum atomic E-state index is 0.422. The molecular weight excluding hydrogens is 308 g/mol. The molecule has 0 bridgehead atoms. The highest BCUT2D eigenvalue weighted by molar-refractivity contribution is 9.10. The van der Waals surface area contributed by atoms with Crippen molar-refractivity contribution in [3.63, 3.8) is 0 Å². The summed E-state index contributed by atoms with van der Waals surface area (Å²) in [5, 5.41) is 0.926. The Bertz CT molecular complexity index is 276. The topological polar surface area (TPSA) is 9.23 Å². The largest absolute Gasteiger partial charge is 0.381 e. The molecule has 3 heteroatoms. The number of halogens is 2. The number of alkyl halides is 1. The Labute approximate surface area is 102 Å². The molecule has 0 fully saturated rings. The molecule has 1 nitrogen and oxygen atoms in total. The van der Waals surface area contributed by atoms with E-state index in [-0.39, 0.29) is 0 Å². The second-order valence-corrected chi connectivity index (χ2v) is 4.53. The van der Waals surface area contributed by atoms with E-state index in [0.29, 0.717) is 5.92 Å². The number of hydrogen-bond donors (Lipinski definition) is 0. The van der Waals surface area contributed by atoms with Gasteiger partial charge in [-0.1, -0.05) is 50.1 Å². The number of hydrogen-bond acceptors (Lipinski definition) is 1. The van der Waals surface area contributed by atoms with Crippen molar-refractivity contribution >= 4 is 31.9 Å². The van der Waals surface area contributed by atoms with E-state index in [4.69, 9.17) is 4.74 Å². The summed E-state index contributed by atoms with van der Waals surface area (Å²) in [6.45, 7) is 3.56. The minimum absolute atomic E-state index is 0.422. The molecule has 1 rings (SSSR count). The Kier molecular flexibility index (Phi) is 5.75. The van der Waals surface area contributed by atoms with Crippen LogP contribution >= 0.6 is 31.9 Å². The van der Waals surface area contributed by atoms with E-state index in [1.165, 1.54) is 5.56 Å². The SMILES string of the molecule is CCOCC(CBr)c1ccccc1Br. The maximum Gasteiger partial charge on any atom is 0.0543 e. The lowest BCUT2D eigenvalue weighted by atomic mass is 10.0. The first-order chi connectivity index (χ1) is 6.79. The first-order valence-corrected chi connectivity index (χ1v) is 6.59. The number of benzene rings is 1. The average Bonchev–Trinajstić information content (AvgIpc) is 2.21. The molecule has 0 radical (unpaired) electrons. The lowest BCUT2D eigenvalue weighted by Gasteiger charge is -2.15. The second kappa shape index (κ2) is 6.59. The van der Waals surface area contributed by atoms with E-state index in [0.717, 1.165) is 23.0 Å². The van der Waals surface area contributed by atoms with Crippen LogP contribution in [0.15, 0.2) is 28.7 Å². The van der Waals surface area contributed by atoms with E-state index >= 15 is 0 Å². The van der Waals surface area contributed by atoms with Crippen LogP contribution in [0.3, 0.4) is 0 Å². The zero-order valence-corrected chi connectivity index (χ0v) is 11.3. The monoisotopic (exact) mass is 320 g/mol. The molecule has 0 spiro atoms. The number of ether oxygens (including phenoxy) is 1. The van der Waals surface area contributed by atoms with Crippen molar-refractivity contribution in [2.24, 2.45) is 0 Å². The first kappa shape index (κ1) is 12.2. The fraction of sp³-hybridized carbons (Fsp3) is 0.455. The van der Waals surface area contributed by atoms with Gasteiger partial charge in [-0.05, 0) is 18.6 Å². The first-order valence-electron chi connectivity index (χ1n) is 4.67. The van der Waals surface area contributed by atoms with Gasteiger partial charge in [0, 0.05) is 22.3 Å². The van der Waals surface area contributed by atoms with Crippen LogP contribution in [0.25, 0.3) is 0 Å². The van der Waals surface area contributed by atoms with Crippen LogP contribution in [0.4, 0.5) is 0 Å². The molecule has 1 unspecified atom stereocenters. The minimum Gasteiger partial charge on any atom is -0.381 e. The summed E-state index contributed by atoms with van der Waals surface area (Å²) in [6.07, 6.45) is 0. The van der Waals surface area contributed by atoms with Crippen LogP contribution in [0.2, 0.25) is 0 Å². The quantitative estimate of drug-likeness (QED) is 0.746. The van der Waals surface area contributed by atoms with E-state index in [1.807, 2.05) is 13.0 Å². The summed E-state index contributed by atoms with van der Waals surface area (Å²) in [7, 11) is 0. The van der Waals surface area contributed by atoms with E-state index in [2.05, 4.69) is 50.1 Å². The van der Waals surface area contributed by atoms with Gasteiger partial charge in [0.1, 0.15) is 0 Å². The van der Waals surface area contributed by atoms with Gasteiger partial charge in [0.2, 0.25) is 0 Å². The Balaban J connectivity index is 2.73. The maximum absolute atomic E-state index is 5.45. The Hall–Kier alpha value is 0.140. The van der Waals surface area contributed by atoms with Crippen molar-refractivity contribution in [2.75, 3.05) is 18.5 Å². The zero-order chi connectivity index (χ0) is 10.4. The summed E-state index contributed by atoms with van der Waals surface area (Å²) in [6, 6.07) is 8.28. The Morgan fingerprint density at radius 1 is 1.36 bits per heavy atom. The molecule has 1 atom stereocenters. The zero-order valence-electron chi connectivity index (χ0n) is 8.17. The van der Waals surface area contributed by atoms with E-state index in [1.54, 1.807) is 0 Å². The lowest BCUT2D eigenvalue weighted by Crippen LogP contribution is -2.09. The van der Waals surface area contributed by atoms with Crippen molar-refractivity contribution in [1.29, 1.82) is 0 Å². The smallest absolute Gasteiger partial charge is 0.0543 e. The molecule has 1 aromatic rings. The van der Waals surface area contributed by atoms with Gasteiger partial charge in [-0.2, -0.15) is 0 Å². The number of rotatable bonds is 5. The summed E-state index contributed by atoms with van der Waals surface area (Å²) in [5.41, 5.74) is 1.30. The molecule has 0 saturated heterocycles. The molecular formula is C11H14Br2O. The predicted molar refractivity (Wildman–Crippen MR) is 67.2 cm³/mol. The van der Waals surface area contributed by atoms with Gasteiger partial charge in [-0.25, -0.2) is 0 Å². The van der Waals surface area contributed by atoms with Crippen molar-refractivity contribution < 1.29 is 4.74 Å². The fourth-order valence-electron chi connectivity index (χ4n) is 1.28. The third-order valence-corrected chi connectivity index (χ3v) is 3.56. The molecule has 0 saturated carbocycles. The molecule has 0 aromatic heterocycles. The molecule has 0 aliphatic heterocycles. The normalized spacial score (nSPS) is 12.8. The fourth-order valence-corrected chi connectivity index (χ4v) is 2.43. The van der Waals surface area contributed by atoms with Crippen molar-refractivity contribution in [2.45, 2.75) is 12.8 Å². The van der Waals surface area contributed by atoms with Crippen LogP contribution in [0.5, 0.6) is 0 Å². The summed E-state index contributed by atoms with van der Waals surface area (Å²) >= 11 is 7.07. The van der Waals surface area contributed by atoms with Crippen LogP contribution in [0.1, 0.15) is 18.4 Å². The van der Waals surface area contributed by atoms with Crippen LogP contribution < -0.4 is 0 Å². The standard InChI is InChI=1S/C11H14Br2O/c1-2-14-8-9(7-12)10-5-3-4-6-11(10)13/h3-6,9H,2,7-8H2,1H3. The van der Waals surface area contributed by atoms with Gasteiger partial charge < -0.3 is 4.74 Å². The predicted octanol–water partition coefficient (Wildman–Crippen LogP) is 3.96. The Morgan fingerprint density at radius 2 is 2.07 bits per heavy atom. The molecule has 0 N–H and O–H groups in total. The summed E-state index contributed by atoms with van der Waals surface area (Å²) in [5.74, 6) is 0.422. The van der Waals surface area contributed by atoms with Crippen molar-refractivity contribution in [1.82, 2.24) is 0 Å². The summed E-state index contributed by atoms with van der Waals surface area (Å²) in [4.78, 5) is 0. The highest BCUT2D eigenvalue weighted by atomic mass is 79.9. The maximum atomic E-state index is 5.45. The molecule has 78 valence electrons. The highest BCUT2D eigenvalue weighted by Gasteiger charge is 2.12. The van der Waals surface area contributed by atoms with Gasteiger partial charge >= 0.3 is 0 Å². The third kappa shape index (κ3) is 3.37. The second-order valence-electron chi connectivity index (χ2n) is 3.03. The van der Waals surface area contributed by atoms with Gasteiger partial charge in [-0.15, -0.1) is 0 Å². The van der Waals surface area contributed by atoms with Crippen LogP contribution in [-0.4, -0.2) is 18.5 Å². The van der Waals surface area contributed by atoms with E-state index in [9.17, 15) is 0 Å². The molecule has 0 aliphatic rings. The van der Waals surface area contributed by atoms with Gasteiger partial charge in [-0.3, -0.25) is 0 Å². The Morgan fingerprint density at radius 3 is 2.64 bits per heavy atom. The van der Waals surface area contributed by atoms with Gasteiger partial charge in [0.15, 0.2) is 0 Å². The third-order valence-electron chi connectivity index (χ3n) is 2.05. The average molecular weight is 322 g/mol. The molecule has 0 amide bonds. The van der Waals surface area contributed by atoms with Crippen LogP contribution in [0, 0.1) is 0 Å². The van der Waals surface area contributed by atoms with Gasteiger partial charge in [0.05, 0.1) is 6.61 Å². The molecule has 0 heterocycles. The van der Waals surface area contributed by atoms with Gasteiger partial charge in [0.25, 0.3) is 0 Å². The molecule has 1 aromatic carbocycles. The molecule has 0 aliphatic carbocycles.